The second-order valence-electron chi connectivity index (χ2n) is 4.47. The smallest absolute Gasteiger partial charge is 0.224 e. The van der Waals surface area contributed by atoms with E-state index < -0.39 is 6.10 Å². The Labute approximate surface area is 111 Å². The molecule has 1 amide bonds. The Balaban J connectivity index is 1.86. The van der Waals surface area contributed by atoms with E-state index in [1.807, 2.05) is 6.07 Å². The molecule has 2 atom stereocenters. The van der Waals surface area contributed by atoms with Crippen LogP contribution in [-0.2, 0) is 4.79 Å². The van der Waals surface area contributed by atoms with E-state index >= 15 is 0 Å². The maximum Gasteiger partial charge on any atom is 0.224 e. The Morgan fingerprint density at radius 2 is 2.33 bits per heavy atom. The van der Waals surface area contributed by atoms with Crippen LogP contribution in [0.2, 0.25) is 5.02 Å². The van der Waals surface area contributed by atoms with Gasteiger partial charge in [-0.3, -0.25) is 4.79 Å². The molecule has 0 saturated carbocycles. The van der Waals surface area contributed by atoms with Crippen LogP contribution in [0.4, 0.5) is 0 Å². The summed E-state index contributed by atoms with van der Waals surface area (Å²) in [5, 5.41) is 16.4. The van der Waals surface area contributed by atoms with Gasteiger partial charge < -0.3 is 15.7 Å². The van der Waals surface area contributed by atoms with Crippen molar-refractivity contribution in [3.63, 3.8) is 0 Å². The molecule has 1 fully saturated rings. The van der Waals surface area contributed by atoms with Crippen molar-refractivity contribution in [2.75, 3.05) is 19.6 Å². The summed E-state index contributed by atoms with van der Waals surface area (Å²) in [6, 6.07) is 7.10. The van der Waals surface area contributed by atoms with Gasteiger partial charge in [-0.05, 0) is 19.0 Å². The average Bonchev–Trinajstić information content (AvgIpc) is 2.90. The van der Waals surface area contributed by atoms with E-state index in [0.29, 0.717) is 17.1 Å². The van der Waals surface area contributed by atoms with Crippen molar-refractivity contribution in [1.82, 2.24) is 10.6 Å². The second-order valence-corrected chi connectivity index (χ2v) is 4.88. The molecule has 1 aliphatic rings. The molecule has 0 radical (unpaired) electrons. The molecular weight excluding hydrogens is 252 g/mol. The number of halogens is 1. The van der Waals surface area contributed by atoms with Gasteiger partial charge in [-0.15, -0.1) is 0 Å². The van der Waals surface area contributed by atoms with E-state index in [-0.39, 0.29) is 18.4 Å². The molecular formula is C13H17ClN2O2. The summed E-state index contributed by atoms with van der Waals surface area (Å²) in [5.41, 5.74) is 0.643. The van der Waals surface area contributed by atoms with Gasteiger partial charge in [0.25, 0.3) is 0 Å². The predicted octanol–water partition coefficient (Wildman–Crippen LogP) is 1.10. The molecule has 0 aliphatic carbocycles. The highest BCUT2D eigenvalue weighted by molar-refractivity contribution is 6.31. The normalized spacial score (nSPS) is 20.7. The number of carbonyl (C=O) groups excluding carboxylic acids is 1. The Hall–Kier alpha value is -1.10. The summed E-state index contributed by atoms with van der Waals surface area (Å²) in [6.07, 6.45) is 0.0885. The number of aliphatic hydroxyl groups excluding tert-OH is 1. The molecule has 1 aliphatic heterocycles. The van der Waals surface area contributed by atoms with Crippen molar-refractivity contribution in [2.24, 2.45) is 5.92 Å². The van der Waals surface area contributed by atoms with Crippen molar-refractivity contribution in [3.05, 3.63) is 34.9 Å². The van der Waals surface area contributed by atoms with Gasteiger partial charge in [0.2, 0.25) is 5.91 Å². The minimum absolute atomic E-state index is 0.00824. The first-order valence-electron chi connectivity index (χ1n) is 6.09. The zero-order valence-electron chi connectivity index (χ0n) is 10.0. The van der Waals surface area contributed by atoms with Crippen LogP contribution in [-0.4, -0.2) is 30.6 Å². The number of carbonyl (C=O) groups is 1. The van der Waals surface area contributed by atoms with Gasteiger partial charge in [0.1, 0.15) is 0 Å². The van der Waals surface area contributed by atoms with E-state index in [1.165, 1.54) is 0 Å². The summed E-state index contributed by atoms with van der Waals surface area (Å²) in [6.45, 7) is 1.79. The van der Waals surface area contributed by atoms with Gasteiger partial charge in [0.05, 0.1) is 12.0 Å². The summed E-state index contributed by atoms with van der Waals surface area (Å²) >= 11 is 5.98. The zero-order valence-corrected chi connectivity index (χ0v) is 10.8. The highest BCUT2D eigenvalue weighted by Crippen LogP contribution is 2.22. The molecule has 0 unspecified atom stereocenters. The Bertz CT molecular complexity index is 419. The third-order valence-corrected chi connectivity index (χ3v) is 3.51. The first kappa shape index (κ1) is 13.3. The highest BCUT2D eigenvalue weighted by atomic mass is 35.5. The largest absolute Gasteiger partial charge is 0.387 e. The van der Waals surface area contributed by atoms with Gasteiger partial charge in [-0.1, -0.05) is 29.8 Å². The van der Waals surface area contributed by atoms with Gasteiger partial charge in [-0.2, -0.15) is 0 Å². The standard InChI is InChI=1S/C13H17ClN2O2/c14-11-4-2-1-3-10(11)12(17)8-16-13(18)9-5-6-15-7-9/h1-4,9,12,15,17H,5-8H2,(H,16,18)/t9-,12-/m1/s1. The zero-order chi connectivity index (χ0) is 13.0. The molecule has 3 N–H and O–H groups in total. The van der Waals surface area contributed by atoms with E-state index in [2.05, 4.69) is 10.6 Å². The fourth-order valence-corrected chi connectivity index (χ4v) is 2.34. The van der Waals surface area contributed by atoms with Crippen LogP contribution >= 0.6 is 11.6 Å². The maximum atomic E-state index is 11.8. The molecule has 1 heterocycles. The minimum atomic E-state index is -0.767. The van der Waals surface area contributed by atoms with E-state index in [0.717, 1.165) is 13.0 Å². The highest BCUT2D eigenvalue weighted by Gasteiger charge is 2.22. The number of rotatable bonds is 4. The van der Waals surface area contributed by atoms with Crippen LogP contribution < -0.4 is 10.6 Å². The monoisotopic (exact) mass is 268 g/mol. The predicted molar refractivity (Wildman–Crippen MR) is 70.4 cm³/mol. The van der Waals surface area contributed by atoms with Gasteiger partial charge in [-0.25, -0.2) is 0 Å². The fraction of sp³-hybridized carbons (Fsp3) is 0.462. The van der Waals surface area contributed by atoms with Crippen molar-refractivity contribution in [3.8, 4) is 0 Å². The van der Waals surface area contributed by atoms with Gasteiger partial charge in [0.15, 0.2) is 0 Å². The molecule has 4 nitrogen and oxygen atoms in total. The molecule has 1 saturated heterocycles. The van der Waals surface area contributed by atoms with Crippen LogP contribution in [0.3, 0.4) is 0 Å². The Morgan fingerprint density at radius 1 is 1.56 bits per heavy atom. The van der Waals surface area contributed by atoms with E-state index in [9.17, 15) is 9.90 Å². The number of hydrogen-bond donors (Lipinski definition) is 3. The summed E-state index contributed by atoms with van der Waals surface area (Å²) in [5.74, 6) is 0.00884. The Kier molecular flexibility index (Phi) is 4.58. The lowest BCUT2D eigenvalue weighted by molar-refractivity contribution is -0.124. The summed E-state index contributed by atoms with van der Waals surface area (Å²) in [7, 11) is 0. The van der Waals surface area contributed by atoms with Crippen LogP contribution in [0.25, 0.3) is 0 Å². The second kappa shape index (κ2) is 6.18. The van der Waals surface area contributed by atoms with Crippen molar-refractivity contribution >= 4 is 17.5 Å². The van der Waals surface area contributed by atoms with E-state index in [4.69, 9.17) is 11.6 Å². The molecule has 0 aromatic heterocycles. The van der Waals surface area contributed by atoms with E-state index in [1.54, 1.807) is 18.2 Å². The third kappa shape index (κ3) is 3.22. The fourth-order valence-electron chi connectivity index (χ4n) is 2.08. The molecule has 18 heavy (non-hydrogen) atoms. The number of nitrogens with one attached hydrogen (secondary N) is 2. The van der Waals surface area contributed by atoms with Crippen LogP contribution in [0.5, 0.6) is 0 Å². The average molecular weight is 269 g/mol. The molecule has 1 aromatic rings. The van der Waals surface area contributed by atoms with Crippen LogP contribution in [0, 0.1) is 5.92 Å². The van der Waals surface area contributed by atoms with Gasteiger partial charge in [0, 0.05) is 23.7 Å². The van der Waals surface area contributed by atoms with Crippen molar-refractivity contribution < 1.29 is 9.90 Å². The molecule has 2 rings (SSSR count). The van der Waals surface area contributed by atoms with Crippen molar-refractivity contribution in [2.45, 2.75) is 12.5 Å². The minimum Gasteiger partial charge on any atom is -0.387 e. The van der Waals surface area contributed by atoms with Crippen LogP contribution in [0.1, 0.15) is 18.1 Å². The lowest BCUT2D eigenvalue weighted by atomic mass is 10.1. The third-order valence-electron chi connectivity index (χ3n) is 3.16. The first-order valence-corrected chi connectivity index (χ1v) is 6.47. The van der Waals surface area contributed by atoms with Crippen molar-refractivity contribution in [1.29, 1.82) is 0 Å². The summed E-state index contributed by atoms with van der Waals surface area (Å²) < 4.78 is 0. The summed E-state index contributed by atoms with van der Waals surface area (Å²) in [4.78, 5) is 11.8. The maximum absolute atomic E-state index is 11.8. The number of hydrogen-bond acceptors (Lipinski definition) is 3. The number of aliphatic hydroxyl groups is 1. The SMILES string of the molecule is O=C(NC[C@@H](O)c1ccccc1Cl)[C@@H]1CCNC1. The number of benzene rings is 1. The lowest BCUT2D eigenvalue weighted by Crippen LogP contribution is -2.34. The molecule has 98 valence electrons. The molecule has 0 spiro atoms. The molecule has 1 aromatic carbocycles. The quantitative estimate of drug-likeness (QED) is 0.766. The topological polar surface area (TPSA) is 61.4 Å². The van der Waals surface area contributed by atoms with Crippen LogP contribution in [0.15, 0.2) is 24.3 Å². The molecule has 5 heteroatoms. The first-order chi connectivity index (χ1) is 8.68. The molecule has 0 bridgehead atoms. The lowest BCUT2D eigenvalue weighted by Gasteiger charge is -2.15. The van der Waals surface area contributed by atoms with Gasteiger partial charge >= 0.3 is 0 Å². The number of amides is 1. The Morgan fingerprint density at radius 3 is 3.00 bits per heavy atom.